The summed E-state index contributed by atoms with van der Waals surface area (Å²) in [6.07, 6.45) is 3.72. The fourth-order valence-electron chi connectivity index (χ4n) is 3.21. The lowest BCUT2D eigenvalue weighted by atomic mass is 9.98. The van der Waals surface area contributed by atoms with Crippen LogP contribution in [0.1, 0.15) is 79.3 Å². The van der Waals surface area contributed by atoms with Gasteiger partial charge in [-0.2, -0.15) is 0 Å². The van der Waals surface area contributed by atoms with Crippen LogP contribution in [-0.2, 0) is 22.3 Å². The zero-order valence-electron chi connectivity index (χ0n) is 19.5. The predicted molar refractivity (Wildman–Crippen MR) is 124 cm³/mol. The number of carbonyl (C=O) groups excluding carboxylic acids is 2. The quantitative estimate of drug-likeness (QED) is 0.399. The van der Waals surface area contributed by atoms with Crippen LogP contribution in [0.5, 0.6) is 0 Å². The fraction of sp³-hybridized carbons (Fsp3) is 0.481. The molecule has 0 radical (unpaired) electrons. The second-order valence-corrected chi connectivity index (χ2v) is 8.64. The zero-order valence-corrected chi connectivity index (χ0v) is 19.5. The molecule has 3 atom stereocenters. The molecule has 4 nitrogen and oxygen atoms in total. The van der Waals surface area contributed by atoms with Gasteiger partial charge in [0.1, 0.15) is 12.7 Å². The van der Waals surface area contributed by atoms with Crippen LogP contribution >= 0.6 is 0 Å². The minimum atomic E-state index is -0.527. The summed E-state index contributed by atoms with van der Waals surface area (Å²) < 4.78 is 10.8. The van der Waals surface area contributed by atoms with Gasteiger partial charge in [-0.1, -0.05) is 64.8 Å². The zero-order chi connectivity index (χ0) is 22.8. The van der Waals surface area contributed by atoms with Gasteiger partial charge >= 0.3 is 11.9 Å². The molecule has 0 aliphatic rings. The second kappa shape index (κ2) is 12.3. The predicted octanol–water partition coefficient (Wildman–Crippen LogP) is 6.27. The first-order chi connectivity index (χ1) is 14.8. The van der Waals surface area contributed by atoms with E-state index in [-0.39, 0.29) is 6.61 Å². The van der Waals surface area contributed by atoms with E-state index < -0.39 is 18.0 Å². The molecule has 0 saturated carbocycles. The average molecular weight is 425 g/mol. The summed E-state index contributed by atoms with van der Waals surface area (Å²) in [7, 11) is 0. The van der Waals surface area contributed by atoms with Crippen molar-refractivity contribution in [2.24, 2.45) is 11.8 Å². The molecule has 2 aromatic carbocycles. The molecule has 31 heavy (non-hydrogen) atoms. The third-order valence-electron chi connectivity index (χ3n) is 5.70. The van der Waals surface area contributed by atoms with Crippen molar-refractivity contribution in [3.63, 3.8) is 0 Å². The van der Waals surface area contributed by atoms with Gasteiger partial charge in [-0.05, 0) is 67.0 Å². The van der Waals surface area contributed by atoms with Crippen LogP contribution in [-0.4, -0.2) is 24.6 Å². The molecule has 0 saturated heterocycles. The van der Waals surface area contributed by atoms with E-state index in [0.29, 0.717) is 23.0 Å². The molecule has 0 aromatic heterocycles. The first-order valence-electron chi connectivity index (χ1n) is 11.4. The van der Waals surface area contributed by atoms with E-state index in [9.17, 15) is 9.59 Å². The Balaban J connectivity index is 1.80. The van der Waals surface area contributed by atoms with Gasteiger partial charge in [0.15, 0.2) is 0 Å². The second-order valence-electron chi connectivity index (χ2n) is 8.64. The smallest absolute Gasteiger partial charge is 0.338 e. The monoisotopic (exact) mass is 424 g/mol. The Morgan fingerprint density at radius 3 is 1.55 bits per heavy atom. The lowest BCUT2D eigenvalue weighted by molar-refractivity contribution is 0.00448. The standard InChI is InChI=1S/C27H36O4/c1-6-19(3)16-22-8-12-24(13-9-22)26(28)30-18-21(5)31-27(29)25-14-10-23(11-15-25)17-20(4)7-2/h8-15,19-21H,6-7,16-18H2,1-5H3/t19-,20-,21?/m1/s1. The van der Waals surface area contributed by atoms with Crippen molar-refractivity contribution in [3.05, 3.63) is 70.8 Å². The Hall–Kier alpha value is -2.62. The number of ether oxygens (including phenoxy) is 2. The maximum atomic E-state index is 12.3. The maximum Gasteiger partial charge on any atom is 0.338 e. The van der Waals surface area contributed by atoms with Crippen molar-refractivity contribution in [1.82, 2.24) is 0 Å². The lowest BCUT2D eigenvalue weighted by Gasteiger charge is -2.14. The highest BCUT2D eigenvalue weighted by molar-refractivity contribution is 5.90. The summed E-state index contributed by atoms with van der Waals surface area (Å²) in [5.74, 6) is 0.411. The average Bonchev–Trinajstić information content (AvgIpc) is 2.78. The van der Waals surface area contributed by atoms with Crippen molar-refractivity contribution in [2.45, 2.75) is 66.4 Å². The van der Waals surface area contributed by atoms with Crippen LogP contribution in [0.4, 0.5) is 0 Å². The molecule has 1 unspecified atom stereocenters. The van der Waals surface area contributed by atoms with Gasteiger partial charge in [0, 0.05) is 0 Å². The highest BCUT2D eigenvalue weighted by Crippen LogP contribution is 2.15. The molecule has 0 amide bonds. The molecule has 168 valence electrons. The topological polar surface area (TPSA) is 52.6 Å². The Morgan fingerprint density at radius 1 is 0.710 bits per heavy atom. The molecule has 0 N–H and O–H groups in total. The summed E-state index contributed by atoms with van der Waals surface area (Å²) >= 11 is 0. The summed E-state index contributed by atoms with van der Waals surface area (Å²) in [4.78, 5) is 24.6. The largest absolute Gasteiger partial charge is 0.458 e. The molecular weight excluding hydrogens is 388 g/mol. The van der Waals surface area contributed by atoms with Crippen molar-refractivity contribution in [1.29, 1.82) is 0 Å². The van der Waals surface area contributed by atoms with Crippen molar-refractivity contribution < 1.29 is 19.1 Å². The molecule has 0 heterocycles. The number of carbonyl (C=O) groups is 2. The molecule has 0 aliphatic heterocycles. The number of benzene rings is 2. The molecule has 4 heteroatoms. The van der Waals surface area contributed by atoms with E-state index in [2.05, 4.69) is 27.7 Å². The summed E-state index contributed by atoms with van der Waals surface area (Å²) in [6, 6.07) is 15.0. The van der Waals surface area contributed by atoms with Crippen LogP contribution in [0.3, 0.4) is 0 Å². The Kier molecular flexibility index (Phi) is 9.77. The summed E-state index contributed by atoms with van der Waals surface area (Å²) in [5.41, 5.74) is 3.43. The van der Waals surface area contributed by atoms with Crippen molar-refractivity contribution in [2.75, 3.05) is 6.61 Å². The van der Waals surface area contributed by atoms with Crippen molar-refractivity contribution in [3.8, 4) is 0 Å². The Labute approximate surface area is 187 Å². The van der Waals surface area contributed by atoms with Gasteiger partial charge in [-0.25, -0.2) is 9.59 Å². The van der Waals surface area contributed by atoms with Gasteiger partial charge in [-0.3, -0.25) is 0 Å². The third kappa shape index (κ3) is 8.20. The number of rotatable bonds is 11. The molecule has 0 bridgehead atoms. The van der Waals surface area contributed by atoms with E-state index in [1.54, 1.807) is 31.2 Å². The van der Waals surface area contributed by atoms with Crippen LogP contribution in [0, 0.1) is 11.8 Å². The SMILES string of the molecule is CC[C@@H](C)Cc1ccc(C(=O)OCC(C)OC(=O)c2ccc(C[C@H](C)CC)cc2)cc1. The van der Waals surface area contributed by atoms with Gasteiger partial charge in [0.25, 0.3) is 0 Å². The van der Waals surface area contributed by atoms with Crippen LogP contribution in [0.2, 0.25) is 0 Å². The number of esters is 2. The minimum Gasteiger partial charge on any atom is -0.458 e. The molecule has 0 aliphatic carbocycles. The van der Waals surface area contributed by atoms with Gasteiger partial charge in [-0.15, -0.1) is 0 Å². The van der Waals surface area contributed by atoms with Gasteiger partial charge in [0.2, 0.25) is 0 Å². The normalized spacial score (nSPS) is 13.8. The van der Waals surface area contributed by atoms with E-state index in [4.69, 9.17) is 9.47 Å². The molecule has 2 rings (SSSR count). The Bertz CT molecular complexity index is 823. The van der Waals surface area contributed by atoms with E-state index in [1.165, 1.54) is 11.1 Å². The molecule has 2 aromatic rings. The number of hydrogen-bond acceptors (Lipinski definition) is 4. The van der Waals surface area contributed by atoms with E-state index in [1.807, 2.05) is 24.3 Å². The first-order valence-corrected chi connectivity index (χ1v) is 11.4. The minimum absolute atomic E-state index is 0.0191. The lowest BCUT2D eigenvalue weighted by Crippen LogP contribution is -2.22. The molecule has 0 spiro atoms. The van der Waals surface area contributed by atoms with E-state index >= 15 is 0 Å². The van der Waals surface area contributed by atoms with Crippen LogP contribution in [0.15, 0.2) is 48.5 Å². The van der Waals surface area contributed by atoms with Crippen molar-refractivity contribution >= 4 is 11.9 Å². The highest BCUT2D eigenvalue weighted by Gasteiger charge is 2.15. The maximum absolute atomic E-state index is 12.3. The summed E-state index contributed by atoms with van der Waals surface area (Å²) in [6.45, 7) is 10.5. The first kappa shape index (κ1) is 24.6. The summed E-state index contributed by atoms with van der Waals surface area (Å²) in [5, 5.41) is 0. The Morgan fingerprint density at radius 2 is 1.13 bits per heavy atom. The van der Waals surface area contributed by atoms with Crippen LogP contribution < -0.4 is 0 Å². The molecule has 0 fully saturated rings. The molecular formula is C27H36O4. The van der Waals surface area contributed by atoms with Crippen LogP contribution in [0.25, 0.3) is 0 Å². The fourth-order valence-corrected chi connectivity index (χ4v) is 3.21. The van der Waals surface area contributed by atoms with Gasteiger partial charge in [0.05, 0.1) is 11.1 Å². The highest BCUT2D eigenvalue weighted by atomic mass is 16.6. The van der Waals surface area contributed by atoms with E-state index in [0.717, 1.165) is 25.7 Å². The van der Waals surface area contributed by atoms with Gasteiger partial charge < -0.3 is 9.47 Å². The third-order valence-corrected chi connectivity index (χ3v) is 5.70. The number of hydrogen-bond donors (Lipinski definition) is 0.